The van der Waals surface area contributed by atoms with Gasteiger partial charge in [0.25, 0.3) is 0 Å². The van der Waals surface area contributed by atoms with Crippen molar-refractivity contribution in [3.05, 3.63) is 59.5 Å². The predicted octanol–water partition coefficient (Wildman–Crippen LogP) is 3.13. The van der Waals surface area contributed by atoms with Crippen LogP contribution in [0.4, 0.5) is 10.1 Å². The summed E-state index contributed by atoms with van der Waals surface area (Å²) in [5, 5.41) is 0.631. The number of ketones is 1. The summed E-state index contributed by atoms with van der Waals surface area (Å²) in [5.41, 5.74) is 7.03. The number of anilines is 1. The first kappa shape index (κ1) is 13.2. The van der Waals surface area contributed by atoms with E-state index in [-0.39, 0.29) is 5.56 Å². The Kier molecular flexibility index (Phi) is 3.10. The number of methoxy groups -OCH3 is 1. The number of hydrogen-bond acceptors (Lipinski definition) is 3. The lowest BCUT2D eigenvalue weighted by atomic mass is 10.0. The van der Waals surface area contributed by atoms with Gasteiger partial charge in [0, 0.05) is 17.4 Å². The zero-order valence-corrected chi connectivity index (χ0v) is 11.3. The number of carbonyl (C=O) groups is 1. The van der Waals surface area contributed by atoms with Gasteiger partial charge in [-0.3, -0.25) is 4.79 Å². The smallest absolute Gasteiger partial charge is 0.198 e. The van der Waals surface area contributed by atoms with Crippen molar-refractivity contribution < 1.29 is 13.9 Å². The molecule has 0 fully saturated rings. The number of fused-ring (bicyclic) bond motifs is 1. The standard InChI is InChI=1S/C16H13FN2O2/c1-21-14-4-2-3-13-15(14)11(8-19-13)16(20)10-7-9(18)5-6-12(10)17/h2-8,19H,18H2,1H3. The van der Waals surface area contributed by atoms with Gasteiger partial charge in [0.05, 0.1) is 23.6 Å². The highest BCUT2D eigenvalue weighted by Gasteiger charge is 2.20. The molecule has 0 radical (unpaired) electrons. The quantitative estimate of drug-likeness (QED) is 0.573. The number of nitrogens with two attached hydrogens (primary N) is 1. The maximum absolute atomic E-state index is 13.9. The molecule has 0 aliphatic heterocycles. The molecule has 0 atom stereocenters. The maximum atomic E-state index is 13.9. The van der Waals surface area contributed by atoms with Crippen molar-refractivity contribution in [1.29, 1.82) is 0 Å². The molecule has 3 N–H and O–H groups in total. The molecule has 0 saturated heterocycles. The molecule has 3 aromatic rings. The number of rotatable bonds is 3. The number of ether oxygens (including phenoxy) is 1. The van der Waals surface area contributed by atoms with Gasteiger partial charge in [-0.15, -0.1) is 0 Å². The molecule has 0 aliphatic rings. The summed E-state index contributed by atoms with van der Waals surface area (Å²) in [6.45, 7) is 0. The first-order valence-electron chi connectivity index (χ1n) is 6.35. The van der Waals surface area contributed by atoms with Crippen LogP contribution >= 0.6 is 0 Å². The minimum absolute atomic E-state index is 0.0539. The summed E-state index contributed by atoms with van der Waals surface area (Å²) in [6.07, 6.45) is 1.55. The summed E-state index contributed by atoms with van der Waals surface area (Å²) in [4.78, 5) is 15.6. The van der Waals surface area contributed by atoms with Gasteiger partial charge in [0.15, 0.2) is 5.78 Å². The number of H-pyrrole nitrogens is 1. The lowest BCUT2D eigenvalue weighted by Crippen LogP contribution is -2.05. The number of halogens is 1. The number of nitrogen functional groups attached to an aromatic ring is 1. The summed E-state index contributed by atoms with van der Waals surface area (Å²) < 4.78 is 19.2. The van der Waals surface area contributed by atoms with E-state index in [0.29, 0.717) is 22.4 Å². The molecule has 21 heavy (non-hydrogen) atoms. The first-order valence-corrected chi connectivity index (χ1v) is 6.35. The summed E-state index contributed by atoms with van der Waals surface area (Å²) in [6, 6.07) is 9.34. The predicted molar refractivity (Wildman–Crippen MR) is 79.1 cm³/mol. The minimum atomic E-state index is -0.599. The molecule has 0 amide bonds. The Morgan fingerprint density at radius 3 is 2.81 bits per heavy atom. The van der Waals surface area contributed by atoms with Crippen molar-refractivity contribution in [2.45, 2.75) is 0 Å². The molecule has 0 bridgehead atoms. The molecule has 1 aromatic heterocycles. The second-order valence-corrected chi connectivity index (χ2v) is 4.65. The van der Waals surface area contributed by atoms with Gasteiger partial charge < -0.3 is 15.5 Å². The monoisotopic (exact) mass is 284 g/mol. The van der Waals surface area contributed by atoms with E-state index in [9.17, 15) is 9.18 Å². The van der Waals surface area contributed by atoms with Crippen LogP contribution in [0.15, 0.2) is 42.6 Å². The van der Waals surface area contributed by atoms with Gasteiger partial charge in [-0.25, -0.2) is 4.39 Å². The van der Waals surface area contributed by atoms with Crippen molar-refractivity contribution in [3.63, 3.8) is 0 Å². The van der Waals surface area contributed by atoms with Crippen LogP contribution in [0.1, 0.15) is 15.9 Å². The number of aromatic nitrogens is 1. The molecule has 106 valence electrons. The van der Waals surface area contributed by atoms with Gasteiger partial charge in [-0.2, -0.15) is 0 Å². The normalized spacial score (nSPS) is 10.8. The minimum Gasteiger partial charge on any atom is -0.496 e. The van der Waals surface area contributed by atoms with E-state index >= 15 is 0 Å². The molecule has 2 aromatic carbocycles. The van der Waals surface area contributed by atoms with Crippen LogP contribution in [0.5, 0.6) is 5.75 Å². The van der Waals surface area contributed by atoms with E-state index in [0.717, 1.165) is 5.52 Å². The lowest BCUT2D eigenvalue weighted by molar-refractivity contribution is 0.103. The average molecular weight is 284 g/mol. The molecular formula is C16H13FN2O2. The molecule has 4 nitrogen and oxygen atoms in total. The Hall–Kier alpha value is -2.82. The number of carbonyl (C=O) groups excluding carboxylic acids is 1. The van der Waals surface area contributed by atoms with Crippen LogP contribution in [0.3, 0.4) is 0 Å². The maximum Gasteiger partial charge on any atom is 0.198 e. The van der Waals surface area contributed by atoms with E-state index in [1.807, 2.05) is 12.1 Å². The van der Waals surface area contributed by atoms with Gasteiger partial charge in [0.1, 0.15) is 11.6 Å². The second-order valence-electron chi connectivity index (χ2n) is 4.65. The highest BCUT2D eigenvalue weighted by atomic mass is 19.1. The highest BCUT2D eigenvalue weighted by molar-refractivity contribution is 6.18. The largest absolute Gasteiger partial charge is 0.496 e. The van der Waals surface area contributed by atoms with Crippen LogP contribution in [0.25, 0.3) is 10.9 Å². The zero-order valence-electron chi connectivity index (χ0n) is 11.3. The fourth-order valence-corrected chi connectivity index (χ4v) is 2.36. The topological polar surface area (TPSA) is 68.1 Å². The van der Waals surface area contributed by atoms with E-state index < -0.39 is 11.6 Å². The number of benzene rings is 2. The zero-order chi connectivity index (χ0) is 15.0. The fraction of sp³-hybridized carbons (Fsp3) is 0.0625. The molecule has 3 rings (SSSR count). The van der Waals surface area contributed by atoms with Crippen molar-refractivity contribution in [1.82, 2.24) is 4.98 Å². The number of aromatic amines is 1. The third-order valence-corrected chi connectivity index (χ3v) is 3.37. The lowest BCUT2D eigenvalue weighted by Gasteiger charge is -2.06. The van der Waals surface area contributed by atoms with Gasteiger partial charge in [-0.1, -0.05) is 6.07 Å². The molecule has 0 saturated carbocycles. The van der Waals surface area contributed by atoms with Crippen molar-refractivity contribution >= 4 is 22.4 Å². The third-order valence-electron chi connectivity index (χ3n) is 3.37. The molecule has 0 spiro atoms. The van der Waals surface area contributed by atoms with Crippen LogP contribution in [0, 0.1) is 5.82 Å². The number of hydrogen-bond donors (Lipinski definition) is 2. The van der Waals surface area contributed by atoms with Crippen LogP contribution in [0.2, 0.25) is 0 Å². The Bertz CT molecular complexity index is 839. The van der Waals surface area contributed by atoms with Crippen molar-refractivity contribution in [2.24, 2.45) is 0 Å². The Morgan fingerprint density at radius 2 is 2.05 bits per heavy atom. The highest BCUT2D eigenvalue weighted by Crippen LogP contribution is 2.30. The van der Waals surface area contributed by atoms with Gasteiger partial charge in [0.2, 0.25) is 0 Å². The molecule has 1 heterocycles. The van der Waals surface area contributed by atoms with E-state index in [1.165, 1.54) is 25.3 Å². The Balaban J connectivity index is 2.20. The van der Waals surface area contributed by atoms with Crippen LogP contribution < -0.4 is 10.5 Å². The SMILES string of the molecule is COc1cccc2[nH]cc(C(=O)c3cc(N)ccc3F)c12. The Labute approximate surface area is 120 Å². The second kappa shape index (κ2) is 4.94. The average Bonchev–Trinajstić information content (AvgIpc) is 2.93. The number of nitrogens with one attached hydrogen (secondary N) is 1. The van der Waals surface area contributed by atoms with Gasteiger partial charge >= 0.3 is 0 Å². The molecule has 0 unspecified atom stereocenters. The molecular weight excluding hydrogens is 271 g/mol. The van der Waals surface area contributed by atoms with E-state index in [2.05, 4.69) is 4.98 Å². The summed E-state index contributed by atoms with van der Waals surface area (Å²) in [7, 11) is 1.52. The van der Waals surface area contributed by atoms with Crippen LogP contribution in [-0.2, 0) is 0 Å². The summed E-state index contributed by atoms with van der Waals surface area (Å²) >= 11 is 0. The Morgan fingerprint density at radius 1 is 1.24 bits per heavy atom. The van der Waals surface area contributed by atoms with E-state index in [4.69, 9.17) is 10.5 Å². The van der Waals surface area contributed by atoms with Crippen molar-refractivity contribution in [2.75, 3.05) is 12.8 Å². The third kappa shape index (κ3) is 2.12. The molecule has 5 heteroatoms. The van der Waals surface area contributed by atoms with Gasteiger partial charge in [-0.05, 0) is 30.3 Å². The van der Waals surface area contributed by atoms with Crippen LogP contribution in [-0.4, -0.2) is 17.9 Å². The first-order chi connectivity index (χ1) is 10.1. The van der Waals surface area contributed by atoms with Crippen molar-refractivity contribution in [3.8, 4) is 5.75 Å². The summed E-state index contributed by atoms with van der Waals surface area (Å²) in [5.74, 6) is -0.476. The van der Waals surface area contributed by atoms with E-state index in [1.54, 1.807) is 12.3 Å². The molecule has 0 aliphatic carbocycles. The fourth-order valence-electron chi connectivity index (χ4n) is 2.36.